The SMILES string of the molecule is COCC(C)(C)COc1nn([C@H]2CC[C@H](N3CCOCC3)CC2)cc1Nc1ncc(-c2ccc(Cl)c(O[C@@H](C)Cn3cnnn3)c2)cn1. The number of nitrogens with zero attached hydrogens (tertiary/aromatic N) is 9. The Balaban J connectivity index is 1.14. The molecule has 6 rings (SSSR count). The molecule has 1 saturated heterocycles. The number of anilines is 2. The van der Waals surface area contributed by atoms with Crippen molar-refractivity contribution < 1.29 is 18.9 Å². The number of methoxy groups -OCH3 is 1. The van der Waals surface area contributed by atoms with Crippen LogP contribution in [0.1, 0.15) is 52.5 Å². The van der Waals surface area contributed by atoms with Gasteiger partial charge >= 0.3 is 0 Å². The Hall–Kier alpha value is -3.85. The first-order chi connectivity index (χ1) is 23.3. The van der Waals surface area contributed by atoms with E-state index < -0.39 is 0 Å². The molecular formula is C33H45ClN10O4. The standard InChI is InChI=1S/C33H45ClN10O4/c1-23(18-43-22-37-40-41-43)48-30-15-24(5-10-28(30)34)25-16-35-32(36-17-25)38-29-19-44(39-31(29)47-21-33(2,3)20-45-4)27-8-6-26(7-9-27)42-11-13-46-14-12-42/h5,10,15-17,19,22-23,26-27H,6-9,11-14,18,20-21H2,1-4H3,(H,35,36,38)/t23-,26-,27-/m0/s1. The molecule has 4 heterocycles. The van der Waals surface area contributed by atoms with E-state index in [-0.39, 0.29) is 11.5 Å². The fraction of sp³-hybridized carbons (Fsp3) is 0.576. The molecule has 1 saturated carbocycles. The van der Waals surface area contributed by atoms with Crippen LogP contribution in [-0.4, -0.2) is 104 Å². The van der Waals surface area contributed by atoms with Gasteiger partial charge < -0.3 is 24.3 Å². The van der Waals surface area contributed by atoms with Crippen LogP contribution >= 0.6 is 11.6 Å². The first-order valence-corrected chi connectivity index (χ1v) is 16.9. The summed E-state index contributed by atoms with van der Waals surface area (Å²) in [5.74, 6) is 1.52. The van der Waals surface area contributed by atoms with E-state index in [0.29, 0.717) is 54.4 Å². The van der Waals surface area contributed by atoms with Gasteiger partial charge in [0.05, 0.1) is 50.2 Å². The van der Waals surface area contributed by atoms with Gasteiger partial charge in [0.1, 0.15) is 23.9 Å². The Morgan fingerprint density at radius 3 is 2.50 bits per heavy atom. The van der Waals surface area contributed by atoms with Crippen molar-refractivity contribution in [3.05, 3.63) is 48.1 Å². The number of morpholine rings is 1. The first kappa shape index (κ1) is 34.0. The number of aromatic nitrogens is 8. The maximum Gasteiger partial charge on any atom is 0.256 e. The summed E-state index contributed by atoms with van der Waals surface area (Å²) < 4.78 is 27.0. The Labute approximate surface area is 286 Å². The minimum absolute atomic E-state index is 0.184. The smallest absolute Gasteiger partial charge is 0.256 e. The highest BCUT2D eigenvalue weighted by Crippen LogP contribution is 2.36. The van der Waals surface area contributed by atoms with Crippen molar-refractivity contribution in [2.45, 2.75) is 71.2 Å². The van der Waals surface area contributed by atoms with Crippen molar-refractivity contribution >= 4 is 23.2 Å². The van der Waals surface area contributed by atoms with E-state index >= 15 is 0 Å². The van der Waals surface area contributed by atoms with E-state index in [1.165, 1.54) is 0 Å². The molecule has 3 aromatic heterocycles. The number of rotatable bonds is 14. The lowest BCUT2D eigenvalue weighted by molar-refractivity contribution is 0.00499. The van der Waals surface area contributed by atoms with E-state index in [1.54, 1.807) is 36.6 Å². The number of nitrogens with one attached hydrogen (secondary N) is 1. The van der Waals surface area contributed by atoms with E-state index in [9.17, 15) is 0 Å². The number of hydrogen-bond acceptors (Lipinski definition) is 12. The molecule has 0 bridgehead atoms. The summed E-state index contributed by atoms with van der Waals surface area (Å²) in [6.45, 7) is 11.4. The molecule has 0 unspecified atom stereocenters. The average Bonchev–Trinajstić information content (AvgIpc) is 3.76. The average molecular weight is 681 g/mol. The lowest BCUT2D eigenvalue weighted by Crippen LogP contribution is -2.45. The summed E-state index contributed by atoms with van der Waals surface area (Å²) in [4.78, 5) is 11.8. The second-order valence-corrected chi connectivity index (χ2v) is 13.8. The highest BCUT2D eigenvalue weighted by atomic mass is 35.5. The third kappa shape index (κ3) is 8.78. The quantitative estimate of drug-likeness (QED) is 0.190. The molecule has 2 aliphatic rings. The number of hydrogen-bond donors (Lipinski definition) is 1. The zero-order valence-electron chi connectivity index (χ0n) is 28.1. The minimum Gasteiger partial charge on any atom is -0.487 e. The zero-order valence-corrected chi connectivity index (χ0v) is 28.8. The van der Waals surface area contributed by atoms with Gasteiger partial charge in [0.25, 0.3) is 5.88 Å². The zero-order chi connectivity index (χ0) is 33.5. The Morgan fingerprint density at radius 2 is 1.79 bits per heavy atom. The van der Waals surface area contributed by atoms with Crippen LogP contribution in [0.15, 0.2) is 43.1 Å². The van der Waals surface area contributed by atoms with Crippen LogP contribution in [0.3, 0.4) is 0 Å². The van der Waals surface area contributed by atoms with Crippen LogP contribution in [-0.2, 0) is 16.0 Å². The summed E-state index contributed by atoms with van der Waals surface area (Å²) in [6, 6.07) is 6.51. The second kappa shape index (κ2) is 15.6. The molecule has 0 radical (unpaired) electrons. The van der Waals surface area contributed by atoms with Gasteiger partial charge in [0.15, 0.2) is 0 Å². The molecule has 1 aliphatic heterocycles. The summed E-state index contributed by atoms with van der Waals surface area (Å²) in [5, 5.41) is 20.0. The number of ether oxygens (including phenoxy) is 4. The molecule has 258 valence electrons. The van der Waals surface area contributed by atoms with Gasteiger partial charge in [-0.25, -0.2) is 14.6 Å². The third-order valence-electron chi connectivity index (χ3n) is 8.76. The van der Waals surface area contributed by atoms with Crippen LogP contribution < -0.4 is 14.8 Å². The first-order valence-electron chi connectivity index (χ1n) is 16.6. The minimum atomic E-state index is -0.207. The second-order valence-electron chi connectivity index (χ2n) is 13.4. The van der Waals surface area contributed by atoms with E-state index in [4.69, 9.17) is 35.6 Å². The fourth-order valence-corrected chi connectivity index (χ4v) is 6.46. The largest absolute Gasteiger partial charge is 0.487 e. The van der Waals surface area contributed by atoms with Gasteiger partial charge in [-0.05, 0) is 60.7 Å². The fourth-order valence-electron chi connectivity index (χ4n) is 6.30. The van der Waals surface area contributed by atoms with Crippen molar-refractivity contribution in [1.82, 2.24) is 44.9 Å². The molecule has 1 aliphatic carbocycles. The van der Waals surface area contributed by atoms with Crippen molar-refractivity contribution in [2.75, 3.05) is 51.9 Å². The molecular weight excluding hydrogens is 636 g/mol. The van der Waals surface area contributed by atoms with Crippen molar-refractivity contribution in [2.24, 2.45) is 5.41 Å². The third-order valence-corrected chi connectivity index (χ3v) is 9.07. The van der Waals surface area contributed by atoms with Gasteiger partial charge in [-0.15, -0.1) is 10.2 Å². The highest BCUT2D eigenvalue weighted by molar-refractivity contribution is 6.32. The molecule has 1 atom stereocenters. The molecule has 14 nitrogen and oxygen atoms in total. The van der Waals surface area contributed by atoms with Crippen molar-refractivity contribution in [1.29, 1.82) is 0 Å². The maximum absolute atomic E-state index is 6.47. The normalized spacial score (nSPS) is 19.6. The predicted molar refractivity (Wildman–Crippen MR) is 181 cm³/mol. The van der Waals surface area contributed by atoms with Crippen LogP contribution in [0, 0.1) is 5.41 Å². The summed E-state index contributed by atoms with van der Waals surface area (Å²) in [6.07, 6.45) is 11.3. The molecule has 1 aromatic carbocycles. The van der Waals surface area contributed by atoms with Crippen molar-refractivity contribution in [3.8, 4) is 22.8 Å². The van der Waals surface area contributed by atoms with Crippen LogP contribution in [0.2, 0.25) is 5.02 Å². The van der Waals surface area contributed by atoms with E-state index in [0.717, 1.165) is 68.8 Å². The summed E-state index contributed by atoms with van der Waals surface area (Å²) in [7, 11) is 1.70. The lowest BCUT2D eigenvalue weighted by atomic mass is 9.90. The van der Waals surface area contributed by atoms with Gasteiger partial charge in [0, 0.05) is 49.6 Å². The molecule has 4 aromatic rings. The van der Waals surface area contributed by atoms with Gasteiger partial charge in [0.2, 0.25) is 5.95 Å². The van der Waals surface area contributed by atoms with Crippen LogP contribution in [0.4, 0.5) is 11.6 Å². The monoisotopic (exact) mass is 680 g/mol. The number of tetrazole rings is 1. The topological polar surface area (TPSA) is 139 Å². The Morgan fingerprint density at radius 1 is 1.04 bits per heavy atom. The van der Waals surface area contributed by atoms with Gasteiger partial charge in [-0.3, -0.25) is 9.58 Å². The van der Waals surface area contributed by atoms with E-state index in [1.807, 2.05) is 25.3 Å². The molecule has 1 N–H and O–H groups in total. The lowest BCUT2D eigenvalue weighted by Gasteiger charge is -2.38. The molecule has 2 fully saturated rings. The molecule has 48 heavy (non-hydrogen) atoms. The summed E-state index contributed by atoms with van der Waals surface area (Å²) >= 11 is 6.47. The number of halogens is 1. The van der Waals surface area contributed by atoms with Crippen molar-refractivity contribution in [3.63, 3.8) is 0 Å². The van der Waals surface area contributed by atoms with Gasteiger partial charge in [-0.2, -0.15) is 0 Å². The summed E-state index contributed by atoms with van der Waals surface area (Å²) in [5.41, 5.74) is 2.24. The van der Waals surface area contributed by atoms with Crippen LogP contribution in [0.5, 0.6) is 11.6 Å². The maximum atomic E-state index is 6.47. The Kier molecular flexibility index (Phi) is 11.0. The van der Waals surface area contributed by atoms with Gasteiger partial charge in [-0.1, -0.05) is 31.5 Å². The molecule has 0 spiro atoms. The Bertz CT molecular complexity index is 1590. The molecule has 0 amide bonds. The highest BCUT2D eigenvalue weighted by Gasteiger charge is 2.29. The molecule has 15 heteroatoms. The van der Waals surface area contributed by atoms with E-state index in [2.05, 4.69) is 54.2 Å². The number of benzene rings is 1. The van der Waals surface area contributed by atoms with Crippen LogP contribution in [0.25, 0.3) is 11.1 Å². The predicted octanol–water partition coefficient (Wildman–Crippen LogP) is 5.06.